The maximum Gasteiger partial charge on any atom is 0.253 e. The lowest BCUT2D eigenvalue weighted by Gasteiger charge is -2.07. The van der Waals surface area contributed by atoms with Gasteiger partial charge in [-0.2, -0.15) is 0 Å². The molecule has 0 unspecified atom stereocenters. The van der Waals surface area contributed by atoms with Crippen molar-refractivity contribution in [1.82, 2.24) is 10.3 Å². The predicted octanol–water partition coefficient (Wildman–Crippen LogP) is 2.07. The number of halogens is 1. The fourth-order valence-corrected chi connectivity index (χ4v) is 2.53. The Morgan fingerprint density at radius 2 is 1.90 bits per heavy atom. The SMILES string of the molecule is CS(=O)(=O)c1ccc(CNC(=O)c2ccncc2Cl)cc1. The van der Waals surface area contributed by atoms with Crippen molar-refractivity contribution in [3.63, 3.8) is 0 Å². The number of hydrogen-bond acceptors (Lipinski definition) is 4. The molecule has 0 atom stereocenters. The summed E-state index contributed by atoms with van der Waals surface area (Å²) in [7, 11) is -3.21. The highest BCUT2D eigenvalue weighted by atomic mass is 35.5. The number of rotatable bonds is 4. The van der Waals surface area contributed by atoms with Crippen LogP contribution in [0.15, 0.2) is 47.6 Å². The first-order valence-corrected chi connectivity index (χ1v) is 8.31. The molecule has 110 valence electrons. The van der Waals surface area contributed by atoms with Gasteiger partial charge in [0.15, 0.2) is 9.84 Å². The summed E-state index contributed by atoms with van der Waals surface area (Å²) < 4.78 is 22.7. The molecule has 0 aliphatic rings. The van der Waals surface area contributed by atoms with E-state index in [0.717, 1.165) is 11.8 Å². The monoisotopic (exact) mass is 324 g/mol. The number of benzene rings is 1. The zero-order chi connectivity index (χ0) is 15.5. The van der Waals surface area contributed by atoms with Gasteiger partial charge in [-0.1, -0.05) is 23.7 Å². The molecular weight excluding hydrogens is 312 g/mol. The van der Waals surface area contributed by atoms with Gasteiger partial charge in [-0.05, 0) is 23.8 Å². The molecule has 0 aliphatic heterocycles. The third kappa shape index (κ3) is 4.03. The molecule has 21 heavy (non-hydrogen) atoms. The first-order chi connectivity index (χ1) is 9.88. The zero-order valence-corrected chi connectivity index (χ0v) is 12.8. The van der Waals surface area contributed by atoms with Crippen LogP contribution in [0.25, 0.3) is 0 Å². The van der Waals surface area contributed by atoms with Crippen LogP contribution in [0.3, 0.4) is 0 Å². The molecule has 1 aromatic heterocycles. The minimum absolute atomic E-state index is 0.245. The van der Waals surface area contributed by atoms with Crippen LogP contribution in [0.4, 0.5) is 0 Å². The smallest absolute Gasteiger partial charge is 0.253 e. The Bertz CT molecular complexity index is 758. The second-order valence-electron chi connectivity index (χ2n) is 4.45. The van der Waals surface area contributed by atoms with Gasteiger partial charge in [0.1, 0.15) is 0 Å². The molecule has 0 bridgehead atoms. The van der Waals surface area contributed by atoms with Gasteiger partial charge >= 0.3 is 0 Å². The number of pyridine rings is 1. The van der Waals surface area contributed by atoms with E-state index in [0.29, 0.717) is 5.56 Å². The van der Waals surface area contributed by atoms with E-state index < -0.39 is 9.84 Å². The highest BCUT2D eigenvalue weighted by Gasteiger charge is 2.10. The van der Waals surface area contributed by atoms with Gasteiger partial charge in [0, 0.05) is 25.2 Å². The summed E-state index contributed by atoms with van der Waals surface area (Å²) in [6.07, 6.45) is 4.04. The highest BCUT2D eigenvalue weighted by Crippen LogP contribution is 2.14. The standard InChI is InChI=1S/C14H13ClN2O3S/c1-21(19,20)11-4-2-10(3-5-11)8-17-14(18)12-6-7-16-9-13(12)15/h2-7,9H,8H2,1H3,(H,17,18). The number of aromatic nitrogens is 1. The Morgan fingerprint density at radius 1 is 1.24 bits per heavy atom. The molecular formula is C14H13ClN2O3S. The van der Waals surface area contributed by atoms with Crippen molar-refractivity contribution in [3.8, 4) is 0 Å². The van der Waals surface area contributed by atoms with Crippen LogP contribution in [0.1, 0.15) is 15.9 Å². The van der Waals surface area contributed by atoms with Crippen LogP contribution in [0.2, 0.25) is 5.02 Å². The normalized spacial score (nSPS) is 11.1. The van der Waals surface area contributed by atoms with E-state index in [1.165, 1.54) is 30.6 Å². The number of carbonyl (C=O) groups is 1. The van der Waals surface area contributed by atoms with Crippen molar-refractivity contribution in [2.45, 2.75) is 11.4 Å². The number of carbonyl (C=O) groups excluding carboxylic acids is 1. The first-order valence-electron chi connectivity index (χ1n) is 6.04. The zero-order valence-electron chi connectivity index (χ0n) is 11.2. The van der Waals surface area contributed by atoms with E-state index in [9.17, 15) is 13.2 Å². The summed E-state index contributed by atoms with van der Waals surface area (Å²) in [5, 5.41) is 2.99. The number of amides is 1. The lowest BCUT2D eigenvalue weighted by Crippen LogP contribution is -2.23. The van der Waals surface area contributed by atoms with Crippen molar-refractivity contribution in [1.29, 1.82) is 0 Å². The lowest BCUT2D eigenvalue weighted by molar-refractivity contribution is 0.0951. The van der Waals surface area contributed by atoms with Crippen LogP contribution in [-0.4, -0.2) is 25.6 Å². The number of sulfone groups is 1. The molecule has 0 radical (unpaired) electrons. The molecule has 1 heterocycles. The Hall–Kier alpha value is -1.92. The minimum Gasteiger partial charge on any atom is -0.348 e. The van der Waals surface area contributed by atoms with E-state index in [1.54, 1.807) is 12.1 Å². The third-order valence-corrected chi connectivity index (χ3v) is 4.25. The Morgan fingerprint density at radius 3 is 2.48 bits per heavy atom. The fraction of sp³-hybridized carbons (Fsp3) is 0.143. The fourth-order valence-electron chi connectivity index (χ4n) is 1.69. The van der Waals surface area contributed by atoms with Gasteiger partial charge in [0.2, 0.25) is 0 Å². The summed E-state index contributed by atoms with van der Waals surface area (Å²) in [5.74, 6) is -0.311. The summed E-state index contributed by atoms with van der Waals surface area (Å²) >= 11 is 5.88. The minimum atomic E-state index is -3.21. The average Bonchev–Trinajstić information content (AvgIpc) is 2.45. The first kappa shape index (κ1) is 15.5. The number of hydrogen-bond donors (Lipinski definition) is 1. The van der Waals surface area contributed by atoms with E-state index in [4.69, 9.17) is 11.6 Å². The maximum absolute atomic E-state index is 11.9. The molecule has 1 amide bonds. The van der Waals surface area contributed by atoms with Gasteiger partial charge < -0.3 is 5.32 Å². The van der Waals surface area contributed by atoms with Gasteiger partial charge in [0.25, 0.3) is 5.91 Å². The lowest BCUT2D eigenvalue weighted by atomic mass is 10.2. The second-order valence-corrected chi connectivity index (χ2v) is 6.88. The van der Waals surface area contributed by atoms with Crippen molar-refractivity contribution >= 4 is 27.3 Å². The molecule has 0 spiro atoms. The van der Waals surface area contributed by atoms with Gasteiger partial charge in [-0.15, -0.1) is 0 Å². The van der Waals surface area contributed by atoms with E-state index in [2.05, 4.69) is 10.3 Å². The van der Waals surface area contributed by atoms with E-state index in [1.807, 2.05) is 0 Å². The van der Waals surface area contributed by atoms with Gasteiger partial charge in [-0.25, -0.2) is 8.42 Å². The summed E-state index contributed by atoms with van der Waals surface area (Å²) in [6.45, 7) is 0.279. The van der Waals surface area contributed by atoms with Crippen molar-refractivity contribution in [3.05, 3.63) is 58.9 Å². The molecule has 7 heteroatoms. The Kier molecular flexibility index (Phi) is 4.59. The Balaban J connectivity index is 2.04. The van der Waals surface area contributed by atoms with Crippen LogP contribution in [-0.2, 0) is 16.4 Å². The molecule has 1 aromatic carbocycles. The molecule has 0 aliphatic carbocycles. The molecule has 2 aromatic rings. The summed E-state index contributed by atoms with van der Waals surface area (Å²) in [4.78, 5) is 16.0. The van der Waals surface area contributed by atoms with Crippen molar-refractivity contribution in [2.75, 3.05) is 6.26 Å². The van der Waals surface area contributed by atoms with Gasteiger partial charge in [0.05, 0.1) is 15.5 Å². The molecule has 5 nitrogen and oxygen atoms in total. The number of nitrogens with one attached hydrogen (secondary N) is 1. The van der Waals surface area contributed by atoms with Gasteiger partial charge in [-0.3, -0.25) is 9.78 Å². The van der Waals surface area contributed by atoms with E-state index >= 15 is 0 Å². The number of nitrogens with zero attached hydrogens (tertiary/aromatic N) is 1. The molecule has 0 fully saturated rings. The van der Waals surface area contributed by atoms with Crippen LogP contribution < -0.4 is 5.32 Å². The highest BCUT2D eigenvalue weighted by molar-refractivity contribution is 7.90. The molecule has 2 rings (SSSR count). The summed E-state index contributed by atoms with van der Waals surface area (Å²) in [5.41, 5.74) is 1.14. The molecule has 0 saturated carbocycles. The quantitative estimate of drug-likeness (QED) is 0.934. The van der Waals surface area contributed by atoms with Crippen LogP contribution >= 0.6 is 11.6 Å². The van der Waals surface area contributed by atoms with Crippen LogP contribution in [0.5, 0.6) is 0 Å². The van der Waals surface area contributed by atoms with E-state index in [-0.39, 0.29) is 22.4 Å². The van der Waals surface area contributed by atoms with Crippen LogP contribution in [0, 0.1) is 0 Å². The second kappa shape index (κ2) is 6.24. The van der Waals surface area contributed by atoms with Crippen molar-refractivity contribution in [2.24, 2.45) is 0 Å². The molecule has 1 N–H and O–H groups in total. The molecule has 0 saturated heterocycles. The van der Waals surface area contributed by atoms with Crippen molar-refractivity contribution < 1.29 is 13.2 Å². The predicted molar refractivity (Wildman–Crippen MR) is 80.0 cm³/mol. The average molecular weight is 325 g/mol. The maximum atomic E-state index is 11.9. The Labute approximate surface area is 127 Å². The topological polar surface area (TPSA) is 76.1 Å². The summed E-state index contributed by atoms with van der Waals surface area (Å²) in [6, 6.07) is 7.87. The largest absolute Gasteiger partial charge is 0.348 e. The third-order valence-electron chi connectivity index (χ3n) is 2.82.